The molecule has 1 aliphatic heterocycles. The fraction of sp³-hybridized carbons (Fsp3) is 0.625. The molecule has 0 radical (unpaired) electrons. The summed E-state index contributed by atoms with van der Waals surface area (Å²) in [4.78, 5) is 19.3. The molecule has 2 heterocycles. The van der Waals surface area contributed by atoms with Crippen molar-refractivity contribution >= 4 is 21.8 Å². The van der Waals surface area contributed by atoms with Gasteiger partial charge in [-0.25, -0.2) is 4.98 Å². The van der Waals surface area contributed by atoms with Crippen LogP contribution in [-0.4, -0.2) is 36.0 Å². The smallest absolute Gasteiger partial charge is 0.230 e. The third-order valence-corrected chi connectivity index (χ3v) is 4.31. The lowest BCUT2D eigenvalue weighted by Crippen LogP contribution is -2.38. The maximum Gasteiger partial charge on any atom is 0.230 e. The van der Waals surface area contributed by atoms with Crippen LogP contribution >= 0.6 is 15.9 Å². The number of carbonyl (C=O) groups excluding carboxylic acids is 1. The summed E-state index contributed by atoms with van der Waals surface area (Å²) < 4.78 is 6.25. The van der Waals surface area contributed by atoms with E-state index in [4.69, 9.17) is 4.74 Å². The van der Waals surface area contributed by atoms with Gasteiger partial charge in [0.05, 0.1) is 13.0 Å². The third-order valence-electron chi connectivity index (χ3n) is 3.88. The Morgan fingerprint density at radius 3 is 2.52 bits per heavy atom. The number of halogens is 1. The van der Waals surface area contributed by atoms with Crippen molar-refractivity contribution in [2.75, 3.05) is 20.2 Å². The molecule has 1 aliphatic rings. The van der Waals surface area contributed by atoms with Gasteiger partial charge in [-0.3, -0.25) is 4.79 Å². The molecule has 116 valence electrons. The van der Waals surface area contributed by atoms with Crippen molar-refractivity contribution in [2.24, 2.45) is 5.41 Å². The van der Waals surface area contributed by atoms with Crippen molar-refractivity contribution in [3.05, 3.63) is 22.3 Å². The van der Waals surface area contributed by atoms with Gasteiger partial charge < -0.3 is 9.64 Å². The number of rotatable bonds is 3. The number of hydrogen-bond donors (Lipinski definition) is 0. The van der Waals surface area contributed by atoms with Crippen molar-refractivity contribution in [1.82, 2.24) is 9.88 Å². The molecular weight excluding hydrogens is 332 g/mol. The van der Waals surface area contributed by atoms with Crippen LogP contribution in [-0.2, 0) is 4.79 Å². The topological polar surface area (TPSA) is 42.4 Å². The number of ether oxygens (including phenoxy) is 1. The second-order valence-corrected chi connectivity index (χ2v) is 7.50. The van der Waals surface area contributed by atoms with Crippen LogP contribution in [0.15, 0.2) is 16.7 Å². The lowest BCUT2D eigenvalue weighted by Gasteiger charge is -2.33. The van der Waals surface area contributed by atoms with E-state index in [2.05, 4.69) is 41.7 Å². The van der Waals surface area contributed by atoms with E-state index >= 15 is 0 Å². The Morgan fingerprint density at radius 1 is 1.38 bits per heavy atom. The largest absolute Gasteiger partial charge is 0.481 e. The molecular formula is C16H23BrN2O2. The summed E-state index contributed by atoms with van der Waals surface area (Å²) in [6.07, 6.45) is 3.88. The van der Waals surface area contributed by atoms with Gasteiger partial charge in [0.1, 0.15) is 0 Å². The van der Waals surface area contributed by atoms with Gasteiger partial charge in [0.15, 0.2) is 0 Å². The molecule has 0 aliphatic carbocycles. The predicted molar refractivity (Wildman–Crippen MR) is 86.5 cm³/mol. The second-order valence-electron chi connectivity index (χ2n) is 6.58. The van der Waals surface area contributed by atoms with Gasteiger partial charge in [0.2, 0.25) is 11.8 Å². The van der Waals surface area contributed by atoms with Crippen molar-refractivity contribution in [1.29, 1.82) is 0 Å². The summed E-state index contributed by atoms with van der Waals surface area (Å²) in [5.74, 6) is 0.458. The van der Waals surface area contributed by atoms with Crippen molar-refractivity contribution in [2.45, 2.75) is 39.5 Å². The quantitative estimate of drug-likeness (QED) is 0.832. The Morgan fingerprint density at radius 2 is 2.00 bits per heavy atom. The van der Waals surface area contributed by atoms with Crippen LogP contribution in [0.5, 0.6) is 5.88 Å². The first kappa shape index (κ1) is 16.3. The highest BCUT2D eigenvalue weighted by Crippen LogP contribution is 2.41. The number of hydrogen-bond acceptors (Lipinski definition) is 3. The molecule has 0 aromatic carbocycles. The second kappa shape index (κ2) is 6.34. The Bertz CT molecular complexity index is 519. The van der Waals surface area contributed by atoms with Crippen LogP contribution in [0.1, 0.15) is 45.1 Å². The summed E-state index contributed by atoms with van der Waals surface area (Å²) in [7, 11) is 1.60. The SMILES string of the molecule is COc1ncc(Br)cc1C(C(=O)N1CCCC1)C(C)(C)C. The van der Waals surface area contributed by atoms with Crippen molar-refractivity contribution < 1.29 is 9.53 Å². The number of amides is 1. The fourth-order valence-corrected chi connectivity index (χ4v) is 3.26. The molecule has 5 heteroatoms. The van der Waals surface area contributed by atoms with E-state index in [1.54, 1.807) is 13.3 Å². The Balaban J connectivity index is 2.45. The average Bonchev–Trinajstić information content (AvgIpc) is 2.91. The lowest BCUT2D eigenvalue weighted by atomic mass is 9.76. The third kappa shape index (κ3) is 3.57. The van der Waals surface area contributed by atoms with E-state index < -0.39 is 0 Å². The standard InChI is InChI=1S/C16H23BrN2O2/c1-16(2,3)13(15(20)19-7-5-6-8-19)12-9-11(17)10-18-14(12)21-4/h9-10,13H,5-8H2,1-4H3. The minimum atomic E-state index is -0.254. The van der Waals surface area contributed by atoms with E-state index in [1.807, 2.05) is 11.0 Å². The first-order valence-corrected chi connectivity index (χ1v) is 8.12. The van der Waals surface area contributed by atoms with Crippen LogP contribution < -0.4 is 4.74 Å². The van der Waals surface area contributed by atoms with E-state index in [9.17, 15) is 4.79 Å². The van der Waals surface area contributed by atoms with E-state index in [1.165, 1.54) is 0 Å². The van der Waals surface area contributed by atoms with Crippen molar-refractivity contribution in [3.63, 3.8) is 0 Å². The number of aromatic nitrogens is 1. The average molecular weight is 355 g/mol. The zero-order valence-corrected chi connectivity index (χ0v) is 14.7. The van der Waals surface area contributed by atoms with Crippen LogP contribution in [0.25, 0.3) is 0 Å². The minimum absolute atomic E-state index is 0.179. The number of nitrogens with zero attached hydrogens (tertiary/aromatic N) is 2. The molecule has 1 atom stereocenters. The van der Waals surface area contributed by atoms with E-state index in [0.29, 0.717) is 5.88 Å². The van der Waals surface area contributed by atoms with Gasteiger partial charge in [-0.2, -0.15) is 0 Å². The Kier molecular flexibility index (Phi) is 4.91. The first-order chi connectivity index (χ1) is 9.84. The first-order valence-electron chi connectivity index (χ1n) is 7.33. The molecule has 4 nitrogen and oxygen atoms in total. The van der Waals surface area contributed by atoms with Gasteiger partial charge in [-0.15, -0.1) is 0 Å². The van der Waals surface area contributed by atoms with Crippen molar-refractivity contribution in [3.8, 4) is 5.88 Å². The maximum atomic E-state index is 13.0. The molecule has 0 spiro atoms. The molecule has 1 unspecified atom stereocenters. The highest BCUT2D eigenvalue weighted by molar-refractivity contribution is 9.10. The normalized spacial score (nSPS) is 16.9. The van der Waals surface area contributed by atoms with Crippen LogP contribution in [0, 0.1) is 5.41 Å². The summed E-state index contributed by atoms with van der Waals surface area (Å²) in [5.41, 5.74) is 0.659. The van der Waals surface area contributed by atoms with Gasteiger partial charge in [-0.1, -0.05) is 20.8 Å². The van der Waals surface area contributed by atoms with Gasteiger partial charge >= 0.3 is 0 Å². The molecule has 0 saturated carbocycles. The predicted octanol–water partition coefficient (Wildman–Crippen LogP) is 3.60. The molecule has 2 rings (SSSR count). The molecule has 21 heavy (non-hydrogen) atoms. The summed E-state index contributed by atoms with van der Waals surface area (Å²) >= 11 is 3.45. The zero-order valence-electron chi connectivity index (χ0n) is 13.1. The molecule has 1 aromatic rings. The summed E-state index contributed by atoms with van der Waals surface area (Å²) in [5, 5.41) is 0. The minimum Gasteiger partial charge on any atom is -0.481 e. The molecule has 1 saturated heterocycles. The lowest BCUT2D eigenvalue weighted by molar-refractivity contribution is -0.134. The molecule has 1 amide bonds. The number of likely N-dealkylation sites (tertiary alicyclic amines) is 1. The van der Waals surface area contributed by atoms with E-state index in [0.717, 1.165) is 36.0 Å². The fourth-order valence-electron chi connectivity index (χ4n) is 2.91. The molecule has 1 fully saturated rings. The van der Waals surface area contributed by atoms with Crippen LogP contribution in [0.2, 0.25) is 0 Å². The highest BCUT2D eigenvalue weighted by atomic mass is 79.9. The molecule has 1 aromatic heterocycles. The molecule has 0 bridgehead atoms. The van der Waals surface area contributed by atoms with E-state index in [-0.39, 0.29) is 17.2 Å². The highest BCUT2D eigenvalue weighted by Gasteiger charge is 2.38. The summed E-state index contributed by atoms with van der Waals surface area (Å²) in [6, 6.07) is 1.95. The monoisotopic (exact) mass is 354 g/mol. The Labute approximate surface area is 135 Å². The zero-order chi connectivity index (χ0) is 15.6. The van der Waals surface area contributed by atoms with Crippen LogP contribution in [0.4, 0.5) is 0 Å². The maximum absolute atomic E-state index is 13.0. The van der Waals surface area contributed by atoms with Gasteiger partial charge in [0.25, 0.3) is 0 Å². The van der Waals surface area contributed by atoms with Gasteiger partial charge in [0, 0.05) is 29.3 Å². The Hall–Kier alpha value is -1.10. The number of carbonyl (C=O) groups is 1. The summed E-state index contributed by atoms with van der Waals surface area (Å²) in [6.45, 7) is 7.98. The van der Waals surface area contributed by atoms with Gasteiger partial charge in [-0.05, 0) is 40.3 Å². The number of methoxy groups -OCH3 is 1. The van der Waals surface area contributed by atoms with Crippen LogP contribution in [0.3, 0.4) is 0 Å². The molecule has 0 N–H and O–H groups in total. The number of pyridine rings is 1.